The van der Waals surface area contributed by atoms with Crippen LogP contribution in [0.15, 0.2) is 90.4 Å². The molecule has 2 heterocycles. The molecule has 0 atom stereocenters. The third kappa shape index (κ3) is 4.13. The predicted octanol–water partition coefficient (Wildman–Crippen LogP) is 6.43. The van der Waals surface area contributed by atoms with Crippen molar-refractivity contribution in [3.8, 4) is 10.6 Å². The van der Waals surface area contributed by atoms with Crippen LogP contribution in [0.2, 0.25) is 0 Å². The smallest absolute Gasteiger partial charge is 0.0815 e. The normalized spacial score (nSPS) is 14.1. The van der Waals surface area contributed by atoms with E-state index in [1.807, 2.05) is 36.8 Å². The van der Waals surface area contributed by atoms with Crippen LogP contribution in [-0.4, -0.2) is 4.98 Å². The summed E-state index contributed by atoms with van der Waals surface area (Å²) in [7, 11) is 0. The molecule has 1 aromatic carbocycles. The summed E-state index contributed by atoms with van der Waals surface area (Å²) in [6, 6.07) is 14.7. The predicted molar refractivity (Wildman–Crippen MR) is 109 cm³/mol. The first kappa shape index (κ1) is 18.6. The van der Waals surface area contributed by atoms with E-state index < -0.39 is 0 Å². The zero-order chi connectivity index (χ0) is 16.9. The van der Waals surface area contributed by atoms with Crippen LogP contribution in [0, 0.1) is 12.8 Å². The molecule has 0 amide bonds. The summed E-state index contributed by atoms with van der Waals surface area (Å²) in [5, 5.41) is 3.30. The maximum Gasteiger partial charge on any atom is 0.0815 e. The Morgan fingerprint density at radius 3 is 2.31 bits per heavy atom. The summed E-state index contributed by atoms with van der Waals surface area (Å²) in [6.07, 6.45) is 18.5. The SMILES string of the molecule is [CH]1C=CC(c2cc(-c3cccs3)nc3ccccc23)=C1.[CH]1C=CC=C1.[Fe]. The second-order valence-corrected chi connectivity index (χ2v) is 6.63. The quantitative estimate of drug-likeness (QED) is 0.456. The van der Waals surface area contributed by atoms with E-state index in [1.165, 1.54) is 21.4 Å². The Labute approximate surface area is 169 Å². The van der Waals surface area contributed by atoms with Gasteiger partial charge >= 0.3 is 0 Å². The standard InChI is InChI=1S/C18H12NS.C5H5.Fe/c1-2-7-13(6-1)15-12-17(18-10-5-11-20-18)19-16-9-4-3-8-14(15)16;1-2-4-5-3-1;/h1-12H;1-5H;. The van der Waals surface area contributed by atoms with Crippen molar-refractivity contribution in [1.82, 2.24) is 4.98 Å². The first-order chi connectivity index (χ1) is 12.4. The van der Waals surface area contributed by atoms with Gasteiger partial charge in [0, 0.05) is 35.3 Å². The van der Waals surface area contributed by atoms with Crippen LogP contribution in [-0.2, 0) is 17.1 Å². The fraction of sp³-hybridized carbons (Fsp3) is 0. The number of nitrogens with zero attached hydrogens (tertiary/aromatic N) is 1. The molecular weight excluding hydrogens is 378 g/mol. The van der Waals surface area contributed by atoms with Crippen molar-refractivity contribution >= 4 is 27.8 Å². The number of fused-ring (bicyclic) bond motifs is 1. The van der Waals surface area contributed by atoms with Crippen LogP contribution in [0.1, 0.15) is 5.56 Å². The molecule has 2 aliphatic carbocycles. The van der Waals surface area contributed by atoms with Gasteiger partial charge in [-0.1, -0.05) is 66.8 Å². The largest absolute Gasteiger partial charge is 0.247 e. The van der Waals surface area contributed by atoms with Gasteiger partial charge in [-0.3, -0.25) is 0 Å². The Balaban J connectivity index is 0.000000285. The first-order valence-electron chi connectivity index (χ1n) is 8.24. The molecular formula is C23H17FeNS. The number of rotatable bonds is 2. The molecule has 0 unspecified atom stereocenters. The van der Waals surface area contributed by atoms with E-state index in [4.69, 9.17) is 4.98 Å². The van der Waals surface area contributed by atoms with Crippen molar-refractivity contribution in [3.63, 3.8) is 0 Å². The monoisotopic (exact) mass is 395 g/mol. The van der Waals surface area contributed by atoms with Crippen LogP contribution in [0.4, 0.5) is 0 Å². The molecule has 0 saturated heterocycles. The zero-order valence-electron chi connectivity index (χ0n) is 14.0. The fourth-order valence-corrected chi connectivity index (χ4v) is 3.53. The maximum absolute atomic E-state index is 4.80. The number of aromatic nitrogens is 1. The van der Waals surface area contributed by atoms with Gasteiger partial charge < -0.3 is 0 Å². The molecule has 2 radical (unpaired) electrons. The molecule has 2 aliphatic rings. The average molecular weight is 395 g/mol. The third-order valence-corrected chi connectivity index (χ3v) is 4.91. The van der Waals surface area contributed by atoms with Gasteiger partial charge in [0.1, 0.15) is 0 Å². The fourth-order valence-electron chi connectivity index (χ4n) is 2.84. The number of para-hydroxylation sites is 1. The van der Waals surface area contributed by atoms with Gasteiger partial charge in [0.25, 0.3) is 0 Å². The van der Waals surface area contributed by atoms with Gasteiger partial charge in [0.15, 0.2) is 0 Å². The van der Waals surface area contributed by atoms with Gasteiger partial charge in [-0.15, -0.1) is 11.3 Å². The van der Waals surface area contributed by atoms with Gasteiger partial charge in [-0.2, -0.15) is 0 Å². The molecule has 0 N–H and O–H groups in total. The van der Waals surface area contributed by atoms with Crippen molar-refractivity contribution in [2.75, 3.05) is 0 Å². The van der Waals surface area contributed by atoms with Gasteiger partial charge in [-0.25, -0.2) is 4.98 Å². The van der Waals surface area contributed by atoms with Crippen molar-refractivity contribution in [2.45, 2.75) is 0 Å². The number of hydrogen-bond donors (Lipinski definition) is 0. The number of pyridine rings is 1. The van der Waals surface area contributed by atoms with E-state index in [0.717, 1.165) is 11.2 Å². The summed E-state index contributed by atoms with van der Waals surface area (Å²) in [5.41, 5.74) is 4.61. The van der Waals surface area contributed by atoms with E-state index in [-0.39, 0.29) is 17.1 Å². The Kier molecular flexibility index (Phi) is 6.40. The molecule has 2 aromatic heterocycles. The molecule has 0 aliphatic heterocycles. The molecule has 0 bridgehead atoms. The number of hydrogen-bond acceptors (Lipinski definition) is 2. The summed E-state index contributed by atoms with van der Waals surface area (Å²) >= 11 is 1.73. The minimum absolute atomic E-state index is 0. The molecule has 0 fully saturated rings. The number of benzene rings is 1. The maximum atomic E-state index is 4.80. The Morgan fingerprint density at radius 2 is 1.65 bits per heavy atom. The first-order valence-corrected chi connectivity index (χ1v) is 9.12. The minimum Gasteiger partial charge on any atom is -0.247 e. The van der Waals surface area contributed by atoms with E-state index >= 15 is 0 Å². The van der Waals surface area contributed by atoms with Crippen molar-refractivity contribution < 1.29 is 17.1 Å². The molecule has 3 heteroatoms. The van der Waals surface area contributed by atoms with Crippen LogP contribution < -0.4 is 0 Å². The van der Waals surface area contributed by atoms with Crippen LogP contribution in [0.3, 0.4) is 0 Å². The molecule has 5 rings (SSSR count). The van der Waals surface area contributed by atoms with Crippen LogP contribution in [0.5, 0.6) is 0 Å². The van der Waals surface area contributed by atoms with E-state index in [2.05, 4.69) is 66.4 Å². The van der Waals surface area contributed by atoms with Crippen LogP contribution in [0.25, 0.3) is 27.0 Å². The average Bonchev–Trinajstić information content (AvgIpc) is 3.46. The summed E-state index contributed by atoms with van der Waals surface area (Å²) < 4.78 is 0. The molecule has 0 saturated carbocycles. The molecule has 0 spiro atoms. The Morgan fingerprint density at radius 1 is 0.808 bits per heavy atom. The second kappa shape index (κ2) is 8.95. The second-order valence-electron chi connectivity index (χ2n) is 5.69. The van der Waals surface area contributed by atoms with E-state index in [0.29, 0.717) is 0 Å². The van der Waals surface area contributed by atoms with Crippen LogP contribution >= 0.6 is 11.3 Å². The van der Waals surface area contributed by atoms with E-state index in [1.54, 1.807) is 11.3 Å². The van der Waals surface area contributed by atoms with Crippen molar-refractivity contribution in [1.29, 1.82) is 0 Å². The Hall–Kier alpha value is -2.19. The molecule has 128 valence electrons. The molecule has 26 heavy (non-hydrogen) atoms. The third-order valence-electron chi connectivity index (χ3n) is 4.02. The summed E-state index contributed by atoms with van der Waals surface area (Å²) in [4.78, 5) is 6.01. The summed E-state index contributed by atoms with van der Waals surface area (Å²) in [6.45, 7) is 0. The molecule has 3 aromatic rings. The molecule has 1 nitrogen and oxygen atoms in total. The topological polar surface area (TPSA) is 12.9 Å². The Bertz CT molecular complexity index is 984. The van der Waals surface area contributed by atoms with E-state index in [9.17, 15) is 0 Å². The van der Waals surface area contributed by atoms with Gasteiger partial charge in [-0.05, 0) is 34.7 Å². The zero-order valence-corrected chi connectivity index (χ0v) is 15.9. The number of allylic oxidation sites excluding steroid dienone is 8. The van der Waals surface area contributed by atoms with Crippen molar-refractivity contribution in [2.24, 2.45) is 0 Å². The minimum atomic E-state index is 0. The van der Waals surface area contributed by atoms with Gasteiger partial charge in [0.2, 0.25) is 0 Å². The summed E-state index contributed by atoms with van der Waals surface area (Å²) in [5.74, 6) is 0. The van der Waals surface area contributed by atoms with Crippen molar-refractivity contribution in [3.05, 3.63) is 109 Å². The number of thiophene rings is 1. The van der Waals surface area contributed by atoms with Gasteiger partial charge in [0.05, 0.1) is 16.1 Å².